The average Bonchev–Trinajstić information content (AvgIpc) is 3.18. The number of pyridine rings is 1. The van der Waals surface area contributed by atoms with Gasteiger partial charge in [0.1, 0.15) is 5.75 Å². The average molecular weight is 452 g/mol. The van der Waals surface area contributed by atoms with Crippen LogP contribution in [0, 0.1) is 6.92 Å². The number of anilines is 1. The Morgan fingerprint density at radius 3 is 2.48 bits per heavy atom. The Hall–Kier alpha value is -3.10. The second-order valence-electron chi connectivity index (χ2n) is 7.24. The van der Waals surface area contributed by atoms with Gasteiger partial charge in [-0.05, 0) is 36.2 Å². The minimum absolute atomic E-state index is 0.152. The van der Waals surface area contributed by atoms with Gasteiger partial charge in [-0.3, -0.25) is 14.7 Å². The van der Waals surface area contributed by atoms with Crippen molar-refractivity contribution < 1.29 is 13.2 Å². The van der Waals surface area contributed by atoms with E-state index in [1.165, 1.54) is 16.2 Å². The lowest BCUT2D eigenvalue weighted by Gasteiger charge is -2.19. The molecule has 0 unspecified atom stereocenters. The van der Waals surface area contributed by atoms with E-state index < -0.39 is 21.5 Å². The molecule has 2 heterocycles. The number of carbonyl (C=O) groups excluding carboxylic acids is 1. The van der Waals surface area contributed by atoms with Crippen LogP contribution in [0.5, 0.6) is 0 Å². The molecular formula is C23H21N3O3S2. The molecule has 0 bridgehead atoms. The molecule has 0 aliphatic carbocycles. The molecule has 0 spiro atoms. The maximum atomic E-state index is 13.2. The minimum Gasteiger partial charge on any atom is -0.281 e. The van der Waals surface area contributed by atoms with Crippen molar-refractivity contribution in [1.82, 2.24) is 9.97 Å². The van der Waals surface area contributed by atoms with Gasteiger partial charge in [0.25, 0.3) is 0 Å². The normalized spacial score (nSPS) is 11.5. The number of amides is 1. The van der Waals surface area contributed by atoms with Gasteiger partial charge in [0.2, 0.25) is 5.91 Å². The molecule has 2 aromatic heterocycles. The van der Waals surface area contributed by atoms with E-state index in [1.54, 1.807) is 42.6 Å². The van der Waals surface area contributed by atoms with Crippen LogP contribution in [-0.2, 0) is 26.9 Å². The number of aryl methyl sites for hydroxylation is 1. The number of thiazole rings is 1. The lowest BCUT2D eigenvalue weighted by atomic mass is 10.2. The minimum atomic E-state index is -3.65. The van der Waals surface area contributed by atoms with Gasteiger partial charge in [-0.25, -0.2) is 13.4 Å². The number of hydrogen-bond acceptors (Lipinski definition) is 6. The van der Waals surface area contributed by atoms with Gasteiger partial charge < -0.3 is 0 Å². The third-order valence-electron chi connectivity index (χ3n) is 4.76. The van der Waals surface area contributed by atoms with Crippen LogP contribution in [-0.4, -0.2) is 30.0 Å². The van der Waals surface area contributed by atoms with Gasteiger partial charge in [0.05, 0.1) is 28.2 Å². The second-order valence-corrected chi connectivity index (χ2v) is 10.3. The Labute approximate surface area is 185 Å². The molecule has 2 aromatic carbocycles. The van der Waals surface area contributed by atoms with Crippen molar-refractivity contribution in [1.29, 1.82) is 0 Å². The van der Waals surface area contributed by atoms with Gasteiger partial charge in [0, 0.05) is 6.20 Å². The fourth-order valence-corrected chi connectivity index (χ4v) is 5.65. The zero-order valence-electron chi connectivity index (χ0n) is 16.9. The van der Waals surface area contributed by atoms with Crippen LogP contribution in [0.15, 0.2) is 72.9 Å². The Balaban J connectivity index is 1.64. The molecule has 0 N–H and O–H groups in total. The smallest absolute Gasteiger partial charge is 0.244 e. The summed E-state index contributed by atoms with van der Waals surface area (Å²) in [6.07, 6.45) is 1.65. The number of fused-ring (bicyclic) bond motifs is 1. The van der Waals surface area contributed by atoms with Crippen LogP contribution in [0.4, 0.5) is 5.13 Å². The van der Waals surface area contributed by atoms with E-state index in [0.717, 1.165) is 15.8 Å². The fraction of sp³-hybridized carbons (Fsp3) is 0.174. The van der Waals surface area contributed by atoms with E-state index in [1.807, 2.05) is 37.3 Å². The first kappa shape index (κ1) is 21.1. The summed E-state index contributed by atoms with van der Waals surface area (Å²) in [4.78, 5) is 23.6. The largest absolute Gasteiger partial charge is 0.281 e. The first-order chi connectivity index (χ1) is 14.9. The van der Waals surface area contributed by atoms with Gasteiger partial charge >= 0.3 is 0 Å². The SMILES string of the molecule is Cc1cccc2sc(N(Cc3ccccn3)C(=O)CS(=O)(=O)Cc3ccccc3)nc12. The summed E-state index contributed by atoms with van der Waals surface area (Å²) < 4.78 is 26.4. The van der Waals surface area contributed by atoms with Gasteiger partial charge in [-0.1, -0.05) is 59.9 Å². The van der Waals surface area contributed by atoms with Crippen LogP contribution >= 0.6 is 11.3 Å². The van der Waals surface area contributed by atoms with Crippen LogP contribution in [0.25, 0.3) is 10.2 Å². The predicted octanol–water partition coefficient (Wildman–Crippen LogP) is 4.15. The molecular weight excluding hydrogens is 430 g/mol. The molecule has 0 saturated carbocycles. The first-order valence-corrected chi connectivity index (χ1v) is 12.4. The summed E-state index contributed by atoms with van der Waals surface area (Å²) in [5.41, 5.74) is 3.13. The number of hydrogen-bond donors (Lipinski definition) is 0. The number of sulfone groups is 1. The number of benzene rings is 2. The number of carbonyl (C=O) groups is 1. The molecule has 4 rings (SSSR count). The number of para-hydroxylation sites is 1. The maximum absolute atomic E-state index is 13.2. The molecule has 0 aliphatic heterocycles. The third-order valence-corrected chi connectivity index (χ3v) is 7.26. The Kier molecular flexibility index (Phi) is 6.11. The van der Waals surface area contributed by atoms with Crippen molar-refractivity contribution in [3.8, 4) is 0 Å². The van der Waals surface area contributed by atoms with E-state index in [9.17, 15) is 13.2 Å². The highest BCUT2D eigenvalue weighted by Crippen LogP contribution is 2.31. The van der Waals surface area contributed by atoms with Crippen molar-refractivity contribution in [2.45, 2.75) is 19.2 Å². The summed E-state index contributed by atoms with van der Waals surface area (Å²) in [7, 11) is -3.65. The molecule has 8 heteroatoms. The maximum Gasteiger partial charge on any atom is 0.244 e. The highest BCUT2D eigenvalue weighted by molar-refractivity contribution is 7.91. The predicted molar refractivity (Wildman–Crippen MR) is 124 cm³/mol. The molecule has 158 valence electrons. The zero-order chi connectivity index (χ0) is 21.8. The van der Waals surface area contributed by atoms with Crippen LogP contribution < -0.4 is 4.90 Å². The summed E-state index contributed by atoms with van der Waals surface area (Å²) in [6, 6.07) is 20.1. The van der Waals surface area contributed by atoms with Crippen molar-refractivity contribution in [3.05, 3.63) is 89.7 Å². The van der Waals surface area contributed by atoms with Crippen LogP contribution in [0.1, 0.15) is 16.8 Å². The summed E-state index contributed by atoms with van der Waals surface area (Å²) in [6.45, 7) is 2.11. The zero-order valence-corrected chi connectivity index (χ0v) is 18.6. The van der Waals surface area contributed by atoms with Crippen molar-refractivity contribution in [3.63, 3.8) is 0 Å². The van der Waals surface area contributed by atoms with Crippen molar-refractivity contribution in [2.75, 3.05) is 10.7 Å². The quantitative estimate of drug-likeness (QED) is 0.422. The number of rotatable bonds is 7. The van der Waals surface area contributed by atoms with Crippen molar-refractivity contribution >= 4 is 42.4 Å². The topological polar surface area (TPSA) is 80.2 Å². The van der Waals surface area contributed by atoms with E-state index in [4.69, 9.17) is 0 Å². The number of aromatic nitrogens is 2. The van der Waals surface area contributed by atoms with Crippen LogP contribution in [0.3, 0.4) is 0 Å². The molecule has 31 heavy (non-hydrogen) atoms. The Morgan fingerprint density at radius 1 is 1.00 bits per heavy atom. The molecule has 0 aliphatic rings. The lowest BCUT2D eigenvalue weighted by molar-refractivity contribution is -0.116. The molecule has 4 aromatic rings. The highest BCUT2D eigenvalue weighted by atomic mass is 32.2. The van der Waals surface area contributed by atoms with Gasteiger partial charge in [-0.15, -0.1) is 0 Å². The fourth-order valence-electron chi connectivity index (χ4n) is 3.25. The summed E-state index contributed by atoms with van der Waals surface area (Å²) in [5, 5.41) is 0.467. The molecule has 0 fully saturated rings. The number of nitrogens with zero attached hydrogens (tertiary/aromatic N) is 3. The Morgan fingerprint density at radius 2 is 1.77 bits per heavy atom. The molecule has 0 radical (unpaired) electrons. The van der Waals surface area contributed by atoms with Crippen LogP contribution in [0.2, 0.25) is 0 Å². The van der Waals surface area contributed by atoms with Crippen molar-refractivity contribution in [2.24, 2.45) is 0 Å². The van der Waals surface area contributed by atoms with E-state index >= 15 is 0 Å². The molecule has 0 saturated heterocycles. The van der Waals surface area contributed by atoms with E-state index in [0.29, 0.717) is 16.4 Å². The second kappa shape index (κ2) is 8.95. The highest BCUT2D eigenvalue weighted by Gasteiger charge is 2.26. The molecule has 1 amide bonds. The van der Waals surface area contributed by atoms with Gasteiger partial charge in [-0.2, -0.15) is 0 Å². The molecule has 0 atom stereocenters. The third kappa shape index (κ3) is 5.15. The van der Waals surface area contributed by atoms with E-state index in [2.05, 4.69) is 9.97 Å². The standard InChI is InChI=1S/C23H21N3O3S2/c1-17-8-7-12-20-22(17)25-23(30-20)26(14-19-11-5-6-13-24-19)21(27)16-31(28,29)15-18-9-3-2-4-10-18/h2-13H,14-16H2,1H3. The molecule has 6 nitrogen and oxygen atoms in total. The monoisotopic (exact) mass is 451 g/mol. The Bertz CT molecular complexity index is 1300. The summed E-state index contributed by atoms with van der Waals surface area (Å²) >= 11 is 1.37. The summed E-state index contributed by atoms with van der Waals surface area (Å²) in [5.74, 6) is -1.29. The first-order valence-electron chi connectivity index (χ1n) is 9.72. The van der Waals surface area contributed by atoms with E-state index in [-0.39, 0.29) is 12.3 Å². The van der Waals surface area contributed by atoms with Gasteiger partial charge in [0.15, 0.2) is 15.0 Å². The lowest BCUT2D eigenvalue weighted by Crippen LogP contribution is -2.36.